The van der Waals surface area contributed by atoms with E-state index >= 15 is 0 Å². The zero-order valence-electron chi connectivity index (χ0n) is 9.66. The highest BCUT2D eigenvalue weighted by Crippen LogP contribution is 2.30. The molecule has 0 fully saturated rings. The predicted molar refractivity (Wildman–Crippen MR) is 73.9 cm³/mol. The second-order valence-corrected chi connectivity index (χ2v) is 6.04. The molecule has 1 heterocycles. The predicted octanol–water partition coefficient (Wildman–Crippen LogP) is 4.57. The van der Waals surface area contributed by atoms with Crippen LogP contribution in [0.5, 0.6) is 0 Å². The maximum Gasteiger partial charge on any atom is 0.416 e. The number of carbonyl (C=O) groups excluding carboxylic acids is 1. The molecule has 20 heavy (non-hydrogen) atoms. The molecular formula is C11H7BrF3N3OS. The van der Waals surface area contributed by atoms with Crippen molar-refractivity contribution < 1.29 is 18.0 Å². The monoisotopic (exact) mass is 365 g/mol. The molecular weight excluding hydrogens is 359 g/mol. The van der Waals surface area contributed by atoms with Crippen molar-refractivity contribution in [2.75, 3.05) is 10.6 Å². The number of hydrogen-bond acceptors (Lipinski definition) is 3. The normalized spacial score (nSPS) is 11.2. The molecule has 4 nitrogen and oxygen atoms in total. The Hall–Kier alpha value is -1.61. The Morgan fingerprint density at radius 1 is 1.30 bits per heavy atom. The Morgan fingerprint density at radius 3 is 2.65 bits per heavy atom. The van der Waals surface area contributed by atoms with E-state index in [0.29, 0.717) is 5.13 Å². The van der Waals surface area contributed by atoms with Gasteiger partial charge in [-0.3, -0.25) is 5.32 Å². The third-order valence-corrected chi connectivity index (χ3v) is 3.54. The number of thiazole rings is 1. The Morgan fingerprint density at radius 2 is 2.05 bits per heavy atom. The third-order valence-electron chi connectivity index (χ3n) is 2.15. The molecule has 0 spiro atoms. The van der Waals surface area contributed by atoms with Crippen LogP contribution < -0.4 is 10.6 Å². The van der Waals surface area contributed by atoms with Gasteiger partial charge in [0.1, 0.15) is 0 Å². The first-order valence-corrected chi connectivity index (χ1v) is 6.82. The number of urea groups is 1. The Balaban J connectivity index is 2.04. The molecule has 0 saturated carbocycles. The average Bonchev–Trinajstić information content (AvgIpc) is 2.73. The highest BCUT2D eigenvalue weighted by Gasteiger charge is 2.30. The quantitative estimate of drug-likeness (QED) is 0.818. The summed E-state index contributed by atoms with van der Waals surface area (Å²) in [6, 6.07) is 3.72. The van der Waals surface area contributed by atoms with Crippen LogP contribution in [0, 0.1) is 0 Å². The van der Waals surface area contributed by atoms with Gasteiger partial charge in [0.15, 0.2) is 5.13 Å². The lowest BCUT2D eigenvalue weighted by Gasteiger charge is -2.09. The summed E-state index contributed by atoms with van der Waals surface area (Å²) in [5.74, 6) is 0. The fourth-order valence-corrected chi connectivity index (χ4v) is 2.45. The van der Waals surface area contributed by atoms with Crippen LogP contribution in [0.25, 0.3) is 0 Å². The molecule has 9 heteroatoms. The second kappa shape index (κ2) is 5.80. The topological polar surface area (TPSA) is 54.0 Å². The number of rotatable bonds is 2. The fraction of sp³-hybridized carbons (Fsp3) is 0.0909. The number of alkyl halides is 3. The summed E-state index contributed by atoms with van der Waals surface area (Å²) in [6.07, 6.45) is -2.95. The van der Waals surface area contributed by atoms with Crippen LogP contribution in [0.1, 0.15) is 5.56 Å². The van der Waals surface area contributed by atoms with Crippen LogP contribution in [-0.4, -0.2) is 11.0 Å². The number of carbonyl (C=O) groups is 1. The number of anilines is 2. The zero-order chi connectivity index (χ0) is 14.8. The fourth-order valence-electron chi connectivity index (χ4n) is 1.34. The van der Waals surface area contributed by atoms with E-state index < -0.39 is 17.8 Å². The SMILES string of the molecule is O=C(Nc1cccc(C(F)(F)F)c1)Nc1ncc(Br)s1. The van der Waals surface area contributed by atoms with Gasteiger partial charge in [-0.25, -0.2) is 9.78 Å². The van der Waals surface area contributed by atoms with Crippen LogP contribution in [0.3, 0.4) is 0 Å². The van der Waals surface area contributed by atoms with E-state index in [1.807, 2.05) is 0 Å². The Labute approximate surface area is 124 Å². The van der Waals surface area contributed by atoms with Crippen LogP contribution in [0.4, 0.5) is 28.8 Å². The molecule has 2 rings (SSSR count). The van der Waals surface area contributed by atoms with Crippen molar-refractivity contribution in [3.05, 3.63) is 39.8 Å². The Bertz CT molecular complexity index is 629. The highest BCUT2D eigenvalue weighted by atomic mass is 79.9. The van der Waals surface area contributed by atoms with Crippen molar-refractivity contribution in [3.8, 4) is 0 Å². The first kappa shape index (κ1) is 14.8. The molecule has 0 aliphatic rings. The number of aromatic nitrogens is 1. The number of nitrogens with one attached hydrogen (secondary N) is 2. The summed E-state index contributed by atoms with van der Waals surface area (Å²) in [5, 5.41) is 5.06. The van der Waals surface area contributed by atoms with Crippen molar-refractivity contribution in [3.63, 3.8) is 0 Å². The van der Waals surface area contributed by atoms with Gasteiger partial charge in [0, 0.05) is 5.69 Å². The summed E-state index contributed by atoms with van der Waals surface area (Å²) in [5.41, 5.74) is -0.778. The number of halogens is 4. The first-order chi connectivity index (χ1) is 9.34. The maximum absolute atomic E-state index is 12.5. The average molecular weight is 366 g/mol. The summed E-state index contributed by atoms with van der Waals surface area (Å²) in [6.45, 7) is 0. The van der Waals surface area contributed by atoms with E-state index in [4.69, 9.17) is 0 Å². The van der Waals surface area contributed by atoms with Gasteiger partial charge in [-0.05, 0) is 34.1 Å². The first-order valence-electron chi connectivity index (χ1n) is 5.21. The van der Waals surface area contributed by atoms with Crippen molar-refractivity contribution in [1.29, 1.82) is 0 Å². The summed E-state index contributed by atoms with van der Waals surface area (Å²) >= 11 is 4.37. The van der Waals surface area contributed by atoms with Crippen LogP contribution in [-0.2, 0) is 6.18 Å². The molecule has 1 aromatic heterocycles. The van der Waals surface area contributed by atoms with Gasteiger partial charge in [-0.1, -0.05) is 17.4 Å². The van der Waals surface area contributed by atoms with Crippen LogP contribution in [0.15, 0.2) is 34.2 Å². The molecule has 0 aliphatic heterocycles. The zero-order valence-corrected chi connectivity index (χ0v) is 12.1. The van der Waals surface area contributed by atoms with Crippen LogP contribution >= 0.6 is 27.3 Å². The molecule has 0 bridgehead atoms. The summed E-state index contributed by atoms with van der Waals surface area (Å²) in [7, 11) is 0. The smallest absolute Gasteiger partial charge is 0.308 e. The largest absolute Gasteiger partial charge is 0.416 e. The number of amides is 2. The van der Waals surface area contributed by atoms with Crippen molar-refractivity contribution >= 4 is 44.1 Å². The number of nitrogens with zero attached hydrogens (tertiary/aromatic N) is 1. The molecule has 0 unspecified atom stereocenters. The van der Waals surface area contributed by atoms with Crippen molar-refractivity contribution in [2.45, 2.75) is 6.18 Å². The van der Waals surface area contributed by atoms with Crippen molar-refractivity contribution in [2.24, 2.45) is 0 Å². The van der Waals surface area contributed by atoms with Gasteiger partial charge in [-0.2, -0.15) is 13.2 Å². The maximum atomic E-state index is 12.5. The molecule has 2 N–H and O–H groups in total. The minimum absolute atomic E-state index is 0.0490. The Kier molecular flexibility index (Phi) is 4.29. The van der Waals surface area contributed by atoms with Gasteiger partial charge >= 0.3 is 12.2 Å². The lowest BCUT2D eigenvalue weighted by Crippen LogP contribution is -2.19. The van der Waals surface area contributed by atoms with E-state index in [1.165, 1.54) is 29.7 Å². The lowest BCUT2D eigenvalue weighted by atomic mass is 10.2. The van der Waals surface area contributed by atoms with Gasteiger partial charge in [-0.15, -0.1) is 0 Å². The van der Waals surface area contributed by atoms with Gasteiger partial charge in [0.2, 0.25) is 0 Å². The summed E-state index contributed by atoms with van der Waals surface area (Å²) < 4.78 is 38.3. The molecule has 0 aliphatic carbocycles. The summed E-state index contributed by atoms with van der Waals surface area (Å²) in [4.78, 5) is 15.5. The van der Waals surface area contributed by atoms with E-state index in [2.05, 4.69) is 31.5 Å². The molecule has 0 atom stereocenters. The van der Waals surface area contributed by atoms with Crippen molar-refractivity contribution in [1.82, 2.24) is 4.98 Å². The van der Waals surface area contributed by atoms with Gasteiger partial charge < -0.3 is 5.32 Å². The number of hydrogen-bond donors (Lipinski definition) is 2. The minimum Gasteiger partial charge on any atom is -0.308 e. The third kappa shape index (κ3) is 3.94. The van der Waals surface area contributed by atoms with Gasteiger partial charge in [0.05, 0.1) is 15.5 Å². The lowest BCUT2D eigenvalue weighted by molar-refractivity contribution is -0.137. The van der Waals surface area contributed by atoms with E-state index in [0.717, 1.165) is 15.9 Å². The van der Waals surface area contributed by atoms with E-state index in [-0.39, 0.29) is 5.69 Å². The standard InChI is InChI=1S/C11H7BrF3N3OS/c12-8-5-16-10(20-8)18-9(19)17-7-3-1-2-6(4-7)11(13,14)15/h1-5H,(H2,16,17,18,19). The second-order valence-electron chi connectivity index (χ2n) is 3.63. The minimum atomic E-state index is -4.45. The molecule has 0 saturated heterocycles. The molecule has 2 amide bonds. The van der Waals surface area contributed by atoms with Gasteiger partial charge in [0.25, 0.3) is 0 Å². The molecule has 2 aromatic rings. The van der Waals surface area contributed by atoms with E-state index in [1.54, 1.807) is 0 Å². The number of benzene rings is 1. The molecule has 0 radical (unpaired) electrons. The molecule has 106 valence electrons. The molecule has 1 aromatic carbocycles. The highest BCUT2D eigenvalue weighted by molar-refractivity contribution is 9.11. The van der Waals surface area contributed by atoms with Crippen LogP contribution in [0.2, 0.25) is 0 Å². The van der Waals surface area contributed by atoms with E-state index in [9.17, 15) is 18.0 Å².